The van der Waals surface area contributed by atoms with Crippen LogP contribution >= 0.6 is 11.8 Å². The first kappa shape index (κ1) is 15.5. The largest absolute Gasteiger partial charge is 0.444 e. The number of oxazole rings is 1. The molecule has 0 radical (unpaired) electrons. The molecule has 1 saturated heterocycles. The third-order valence-electron chi connectivity index (χ3n) is 3.53. The van der Waals surface area contributed by atoms with Gasteiger partial charge in [-0.15, -0.1) is 0 Å². The van der Waals surface area contributed by atoms with E-state index in [1.165, 1.54) is 12.3 Å². The molecule has 1 aliphatic rings. The molecule has 2 aromatic rings. The van der Waals surface area contributed by atoms with Crippen LogP contribution in [0.3, 0.4) is 0 Å². The van der Waals surface area contributed by atoms with Crippen LogP contribution in [0.2, 0.25) is 0 Å². The maximum atomic E-state index is 13.2. The molecule has 1 aliphatic heterocycles. The summed E-state index contributed by atoms with van der Waals surface area (Å²) in [5, 5.41) is 9.34. The zero-order valence-electron chi connectivity index (χ0n) is 11.7. The SMILES string of the molecule is OCC1(CSCc2coc(-c3ccc(F)c(F)c3)n2)COC1. The first-order chi connectivity index (χ1) is 10.6. The van der Waals surface area contributed by atoms with Crippen LogP contribution in [0.5, 0.6) is 0 Å². The Kier molecular flexibility index (Phi) is 4.46. The van der Waals surface area contributed by atoms with E-state index in [1.807, 2.05) is 0 Å². The van der Waals surface area contributed by atoms with E-state index >= 15 is 0 Å². The summed E-state index contributed by atoms with van der Waals surface area (Å²) >= 11 is 1.63. The molecule has 1 aromatic carbocycles. The first-order valence-electron chi connectivity index (χ1n) is 6.78. The summed E-state index contributed by atoms with van der Waals surface area (Å²) in [5.74, 6) is -0.172. The van der Waals surface area contributed by atoms with Crippen LogP contribution < -0.4 is 0 Å². The molecule has 0 amide bonds. The van der Waals surface area contributed by atoms with E-state index in [9.17, 15) is 13.9 Å². The molecule has 0 aliphatic carbocycles. The summed E-state index contributed by atoms with van der Waals surface area (Å²) < 4.78 is 36.6. The highest BCUT2D eigenvalue weighted by atomic mass is 32.2. The minimum absolute atomic E-state index is 0.110. The van der Waals surface area contributed by atoms with Gasteiger partial charge < -0.3 is 14.3 Å². The fourth-order valence-electron chi connectivity index (χ4n) is 2.12. The number of rotatable bonds is 6. The fourth-order valence-corrected chi connectivity index (χ4v) is 3.25. The van der Waals surface area contributed by atoms with E-state index in [0.29, 0.717) is 24.5 Å². The van der Waals surface area contributed by atoms with Crippen molar-refractivity contribution in [2.24, 2.45) is 5.41 Å². The van der Waals surface area contributed by atoms with E-state index in [-0.39, 0.29) is 17.9 Å². The number of aromatic nitrogens is 1. The van der Waals surface area contributed by atoms with Crippen molar-refractivity contribution in [3.05, 3.63) is 41.8 Å². The Hall–Kier alpha value is -1.44. The van der Waals surface area contributed by atoms with Gasteiger partial charge in [0, 0.05) is 22.5 Å². The summed E-state index contributed by atoms with van der Waals surface area (Å²) in [7, 11) is 0. The summed E-state index contributed by atoms with van der Waals surface area (Å²) in [6, 6.07) is 3.53. The van der Waals surface area contributed by atoms with Crippen LogP contribution in [0.25, 0.3) is 11.5 Å². The summed E-state index contributed by atoms with van der Waals surface area (Å²) in [5.41, 5.74) is 0.976. The number of halogens is 2. The van der Waals surface area contributed by atoms with Crippen LogP contribution in [0.1, 0.15) is 5.69 Å². The van der Waals surface area contributed by atoms with Gasteiger partial charge in [0.25, 0.3) is 0 Å². The lowest BCUT2D eigenvalue weighted by atomic mass is 9.90. The minimum Gasteiger partial charge on any atom is -0.444 e. The lowest BCUT2D eigenvalue weighted by molar-refractivity contribution is -0.121. The zero-order valence-corrected chi connectivity index (χ0v) is 12.5. The highest BCUT2D eigenvalue weighted by molar-refractivity contribution is 7.98. The van der Waals surface area contributed by atoms with Crippen molar-refractivity contribution in [3.63, 3.8) is 0 Å². The second-order valence-corrected chi connectivity index (χ2v) is 6.40. The Bertz CT molecular complexity index is 652. The van der Waals surface area contributed by atoms with Crippen molar-refractivity contribution in [2.75, 3.05) is 25.6 Å². The van der Waals surface area contributed by atoms with E-state index in [1.54, 1.807) is 11.8 Å². The maximum absolute atomic E-state index is 13.2. The van der Waals surface area contributed by atoms with E-state index in [0.717, 1.165) is 23.6 Å². The van der Waals surface area contributed by atoms with E-state index in [4.69, 9.17) is 9.15 Å². The molecule has 118 valence electrons. The molecule has 0 saturated carbocycles. The van der Waals surface area contributed by atoms with Gasteiger partial charge in [0.2, 0.25) is 5.89 Å². The summed E-state index contributed by atoms with van der Waals surface area (Å²) in [4.78, 5) is 4.27. The Labute approximate surface area is 130 Å². The third kappa shape index (κ3) is 3.16. The van der Waals surface area contributed by atoms with Gasteiger partial charge in [0.15, 0.2) is 11.6 Å². The van der Waals surface area contributed by atoms with Gasteiger partial charge in [-0.2, -0.15) is 11.8 Å². The number of aliphatic hydroxyl groups excluding tert-OH is 1. The van der Waals surface area contributed by atoms with E-state index in [2.05, 4.69) is 4.98 Å². The van der Waals surface area contributed by atoms with Gasteiger partial charge >= 0.3 is 0 Å². The fraction of sp³-hybridized carbons (Fsp3) is 0.400. The number of aliphatic hydroxyl groups is 1. The molecule has 22 heavy (non-hydrogen) atoms. The van der Waals surface area contributed by atoms with Gasteiger partial charge in [-0.05, 0) is 18.2 Å². The minimum atomic E-state index is -0.929. The van der Waals surface area contributed by atoms with Crippen molar-refractivity contribution < 1.29 is 23.0 Å². The topological polar surface area (TPSA) is 55.5 Å². The average molecular weight is 327 g/mol. The first-order valence-corrected chi connectivity index (χ1v) is 7.94. The second-order valence-electron chi connectivity index (χ2n) is 5.42. The van der Waals surface area contributed by atoms with Crippen molar-refractivity contribution >= 4 is 11.8 Å². The molecule has 2 heterocycles. The Balaban J connectivity index is 1.60. The number of hydrogen-bond donors (Lipinski definition) is 1. The molecule has 0 spiro atoms. The van der Waals surface area contributed by atoms with Crippen molar-refractivity contribution in [3.8, 4) is 11.5 Å². The van der Waals surface area contributed by atoms with E-state index < -0.39 is 11.6 Å². The van der Waals surface area contributed by atoms with Crippen LogP contribution in [0.15, 0.2) is 28.9 Å². The molecule has 1 aromatic heterocycles. The molecule has 0 bridgehead atoms. The van der Waals surface area contributed by atoms with Gasteiger partial charge in [0.1, 0.15) is 6.26 Å². The Morgan fingerprint density at radius 1 is 1.27 bits per heavy atom. The molecule has 3 rings (SSSR count). The number of nitrogens with zero attached hydrogens (tertiary/aromatic N) is 1. The number of ether oxygens (including phenoxy) is 1. The zero-order chi connectivity index (χ0) is 15.6. The second kappa shape index (κ2) is 6.36. The van der Waals surface area contributed by atoms with Crippen LogP contribution in [0.4, 0.5) is 8.78 Å². The lowest BCUT2D eigenvalue weighted by Crippen LogP contribution is -2.47. The number of hydrogen-bond acceptors (Lipinski definition) is 5. The molecular formula is C15H15F2NO3S. The normalized spacial score (nSPS) is 16.5. The molecule has 0 atom stereocenters. The number of thioether (sulfide) groups is 1. The molecule has 1 fully saturated rings. The predicted octanol–water partition coefficient (Wildman–Crippen LogP) is 2.86. The Morgan fingerprint density at radius 3 is 2.73 bits per heavy atom. The molecule has 1 N–H and O–H groups in total. The van der Waals surface area contributed by atoms with Gasteiger partial charge in [-0.1, -0.05) is 0 Å². The smallest absolute Gasteiger partial charge is 0.226 e. The highest BCUT2D eigenvalue weighted by Crippen LogP contribution is 2.32. The van der Waals surface area contributed by atoms with Gasteiger partial charge in [-0.3, -0.25) is 0 Å². The van der Waals surface area contributed by atoms with Crippen LogP contribution in [-0.2, 0) is 10.5 Å². The van der Waals surface area contributed by atoms with Crippen molar-refractivity contribution in [2.45, 2.75) is 5.75 Å². The van der Waals surface area contributed by atoms with Gasteiger partial charge in [-0.25, -0.2) is 13.8 Å². The molecule has 4 nitrogen and oxygen atoms in total. The average Bonchev–Trinajstić information content (AvgIpc) is 2.94. The predicted molar refractivity (Wildman–Crippen MR) is 78.4 cm³/mol. The summed E-state index contributed by atoms with van der Waals surface area (Å²) in [6.45, 7) is 1.27. The van der Waals surface area contributed by atoms with Crippen molar-refractivity contribution in [1.82, 2.24) is 4.98 Å². The van der Waals surface area contributed by atoms with Gasteiger partial charge in [0.05, 0.1) is 25.5 Å². The molecular weight excluding hydrogens is 312 g/mol. The molecule has 0 unspecified atom stereocenters. The monoisotopic (exact) mass is 327 g/mol. The lowest BCUT2D eigenvalue weighted by Gasteiger charge is -2.39. The standard InChI is InChI=1S/C15H15F2NO3S/c16-12-2-1-10(3-13(12)17)14-18-11(4-21-14)5-22-9-15(6-19)7-20-8-15/h1-4,19H,5-9H2. The van der Waals surface area contributed by atoms with Crippen molar-refractivity contribution in [1.29, 1.82) is 0 Å². The summed E-state index contributed by atoms with van der Waals surface area (Å²) in [6.07, 6.45) is 1.51. The molecule has 7 heteroatoms. The van der Waals surface area contributed by atoms with Crippen LogP contribution in [0, 0.1) is 17.0 Å². The Morgan fingerprint density at radius 2 is 2.09 bits per heavy atom. The quantitative estimate of drug-likeness (QED) is 0.884. The maximum Gasteiger partial charge on any atom is 0.226 e. The third-order valence-corrected chi connectivity index (χ3v) is 4.84. The van der Waals surface area contributed by atoms with Crippen LogP contribution in [-0.4, -0.2) is 35.7 Å². The highest BCUT2D eigenvalue weighted by Gasteiger charge is 2.37. The number of benzene rings is 1.